The molecule has 0 saturated carbocycles. The van der Waals surface area contributed by atoms with E-state index in [0.29, 0.717) is 67.6 Å². The number of rotatable bonds is 16. The lowest BCUT2D eigenvalue weighted by atomic mass is 9.89. The number of carbonyl (C=O) groups excluding carboxylic acids is 3. The van der Waals surface area contributed by atoms with Crippen molar-refractivity contribution in [3.63, 3.8) is 0 Å². The van der Waals surface area contributed by atoms with Crippen LogP contribution in [0.4, 0.5) is 11.4 Å². The summed E-state index contributed by atoms with van der Waals surface area (Å²) in [6.07, 6.45) is 6.74. The second-order valence-electron chi connectivity index (χ2n) is 15.7. The van der Waals surface area contributed by atoms with Crippen molar-refractivity contribution in [2.75, 3.05) is 50.2 Å². The summed E-state index contributed by atoms with van der Waals surface area (Å²) in [7, 11) is 0. The first-order valence-corrected chi connectivity index (χ1v) is 22.1. The maximum absolute atomic E-state index is 13.6. The van der Waals surface area contributed by atoms with E-state index in [2.05, 4.69) is 56.6 Å². The average molecular weight is 894 g/mol. The monoisotopic (exact) mass is 893 g/mol. The number of aromatic nitrogens is 5. The molecule has 3 aromatic heterocycles. The van der Waals surface area contributed by atoms with E-state index in [1.807, 2.05) is 25.1 Å². The number of piperidine rings is 1. The number of hydrogen-bond donors (Lipinski definition) is 3. The van der Waals surface area contributed by atoms with Crippen LogP contribution in [0, 0.1) is 26.7 Å². The maximum Gasteiger partial charge on any atom is 0.275 e. The van der Waals surface area contributed by atoms with Crippen molar-refractivity contribution in [3.05, 3.63) is 109 Å². The number of ether oxygens (including phenoxy) is 3. The number of nitrogens with zero attached hydrogens (tertiary/aromatic N) is 6. The zero-order valence-corrected chi connectivity index (χ0v) is 37.0. The molecule has 63 heavy (non-hydrogen) atoms. The molecule has 1 saturated heterocycles. The molecule has 16 nitrogen and oxygen atoms in total. The Morgan fingerprint density at radius 2 is 1.73 bits per heavy atom. The molecule has 8 rings (SSSR count). The Balaban J connectivity index is 0.768. The molecule has 3 amide bonds. The molecule has 5 aromatic rings. The number of allylic oxidation sites excluding steroid dienone is 4. The van der Waals surface area contributed by atoms with Crippen LogP contribution in [0.5, 0.6) is 5.75 Å². The second-order valence-corrected chi connectivity index (χ2v) is 17.3. The van der Waals surface area contributed by atoms with Gasteiger partial charge in [0.1, 0.15) is 35.3 Å². The van der Waals surface area contributed by atoms with E-state index in [9.17, 15) is 19.2 Å². The number of thiophene rings is 1. The van der Waals surface area contributed by atoms with Gasteiger partial charge in [0.25, 0.3) is 11.5 Å². The Morgan fingerprint density at radius 3 is 2.51 bits per heavy atom. The summed E-state index contributed by atoms with van der Waals surface area (Å²) < 4.78 is 20.4. The van der Waals surface area contributed by atoms with Gasteiger partial charge in [0.15, 0.2) is 5.82 Å². The number of imide groups is 1. The van der Waals surface area contributed by atoms with Crippen molar-refractivity contribution in [2.24, 2.45) is 10.9 Å². The Bertz CT molecular complexity index is 2720. The second kappa shape index (κ2) is 19.2. The molecular formula is C45H48ClN9O7S. The predicted molar refractivity (Wildman–Crippen MR) is 241 cm³/mol. The van der Waals surface area contributed by atoms with Crippen molar-refractivity contribution >= 4 is 68.5 Å². The van der Waals surface area contributed by atoms with Crippen LogP contribution in [0.15, 0.2) is 81.2 Å². The van der Waals surface area contributed by atoms with E-state index in [-0.39, 0.29) is 37.0 Å². The van der Waals surface area contributed by atoms with E-state index in [1.165, 1.54) is 4.88 Å². The zero-order chi connectivity index (χ0) is 44.2. The van der Waals surface area contributed by atoms with Crippen molar-refractivity contribution in [2.45, 2.75) is 65.5 Å². The van der Waals surface area contributed by atoms with E-state index >= 15 is 0 Å². The quantitative estimate of drug-likeness (QED) is 0.0731. The topological polar surface area (TPSA) is 193 Å². The summed E-state index contributed by atoms with van der Waals surface area (Å²) in [5.74, 6) is 1.10. The number of anilines is 2. The number of halogens is 1. The Hall–Kier alpha value is -6.01. The minimum atomic E-state index is -0.825. The van der Waals surface area contributed by atoms with E-state index in [1.54, 1.807) is 53.9 Å². The van der Waals surface area contributed by atoms with Crippen molar-refractivity contribution < 1.29 is 28.6 Å². The molecule has 2 aromatic carbocycles. The Kier molecular flexibility index (Phi) is 13.3. The van der Waals surface area contributed by atoms with Gasteiger partial charge >= 0.3 is 0 Å². The molecule has 1 aliphatic carbocycles. The van der Waals surface area contributed by atoms with Gasteiger partial charge in [-0.2, -0.15) is 5.10 Å². The molecule has 0 spiro atoms. The highest BCUT2D eigenvalue weighted by Crippen LogP contribution is 2.41. The fourth-order valence-corrected chi connectivity index (χ4v) is 9.15. The normalized spacial score (nSPS) is 18.4. The number of fused-ring (bicyclic) bond motifs is 4. The molecule has 5 heterocycles. The molecule has 0 radical (unpaired) electrons. The third kappa shape index (κ3) is 9.66. The van der Waals surface area contributed by atoms with Crippen molar-refractivity contribution in [1.29, 1.82) is 0 Å². The number of aryl methyl sites for hydroxylation is 2. The number of nitrogens with one attached hydrogen (secondary N) is 3. The summed E-state index contributed by atoms with van der Waals surface area (Å²) >= 11 is 8.16. The zero-order valence-electron chi connectivity index (χ0n) is 35.4. The molecule has 2 unspecified atom stereocenters. The number of aliphatic imine (C=N–C) groups is 1. The molecule has 3 atom stereocenters. The molecule has 3 aliphatic rings. The average Bonchev–Trinajstić information content (AvgIpc) is 3.74. The van der Waals surface area contributed by atoms with Gasteiger partial charge in [0.2, 0.25) is 11.8 Å². The summed E-state index contributed by atoms with van der Waals surface area (Å²) in [4.78, 5) is 57.1. The minimum Gasteiger partial charge on any atom is -0.491 e. The van der Waals surface area contributed by atoms with Crippen LogP contribution in [0.1, 0.15) is 72.3 Å². The fourth-order valence-electron chi connectivity index (χ4n) is 7.80. The summed E-state index contributed by atoms with van der Waals surface area (Å²) in [5, 5.41) is 24.5. The molecule has 0 bridgehead atoms. The van der Waals surface area contributed by atoms with Crippen LogP contribution in [-0.4, -0.2) is 87.6 Å². The molecule has 328 valence electrons. The lowest BCUT2D eigenvalue weighted by molar-refractivity contribution is -0.136. The summed E-state index contributed by atoms with van der Waals surface area (Å²) in [6.45, 7) is 10.6. The van der Waals surface area contributed by atoms with E-state index in [4.69, 9.17) is 30.8 Å². The minimum absolute atomic E-state index is 0.0748. The van der Waals surface area contributed by atoms with Gasteiger partial charge in [0.05, 0.1) is 50.1 Å². The number of benzene rings is 2. The van der Waals surface area contributed by atoms with Crippen LogP contribution in [0.3, 0.4) is 0 Å². The lowest BCUT2D eigenvalue weighted by Crippen LogP contribution is -2.45. The number of amides is 3. The highest BCUT2D eigenvalue weighted by Gasteiger charge is 2.34. The first-order chi connectivity index (χ1) is 30.4. The number of carbonyl (C=O) groups is 3. The molecule has 3 N–H and O–H groups in total. The van der Waals surface area contributed by atoms with Crippen LogP contribution in [0.2, 0.25) is 0 Å². The highest BCUT2D eigenvalue weighted by molar-refractivity contribution is 7.15. The molecule has 2 aliphatic heterocycles. The number of hydrogen-bond acceptors (Lipinski definition) is 13. The van der Waals surface area contributed by atoms with E-state index < -0.39 is 23.6 Å². The van der Waals surface area contributed by atoms with Gasteiger partial charge in [0, 0.05) is 45.2 Å². The predicted octanol–water partition coefficient (Wildman–Crippen LogP) is 6.43. The lowest BCUT2D eigenvalue weighted by Gasteiger charge is -2.21. The van der Waals surface area contributed by atoms with Crippen molar-refractivity contribution in [3.8, 4) is 10.8 Å². The van der Waals surface area contributed by atoms with Gasteiger partial charge < -0.3 is 24.8 Å². The van der Waals surface area contributed by atoms with Crippen LogP contribution >= 0.6 is 22.9 Å². The standard InChI is InChI=1S/C45H48ClN9O7S/c1-25-21-29(6-12-35(25)46)41-40-26(2)27(3)63-45(40)54-28(4)52-53-42(54)36(50-41)23-39(57)49-31-8-10-33(11-9-31)62-20-19-61-18-17-60-16-15-47-32-7-5-30-24-48-55(44(59)34(30)22-32)37-13-14-38(56)51-43(37)58/h5-12,22,24-25,36-37,47H,13-21,23H2,1-4H3,(H,49,57)(H,51,56,58)/t25?,36-,37?/m0/s1. The van der Waals surface area contributed by atoms with Gasteiger partial charge in [-0.3, -0.25) is 34.1 Å². The first-order valence-electron chi connectivity index (χ1n) is 20.9. The third-order valence-electron chi connectivity index (χ3n) is 11.3. The van der Waals surface area contributed by atoms with Crippen LogP contribution in [0.25, 0.3) is 15.8 Å². The molecular weight excluding hydrogens is 846 g/mol. The smallest absolute Gasteiger partial charge is 0.275 e. The van der Waals surface area contributed by atoms with Gasteiger partial charge in [-0.05, 0) is 93.1 Å². The van der Waals surface area contributed by atoms with Gasteiger partial charge in [-0.15, -0.1) is 21.5 Å². The van der Waals surface area contributed by atoms with Crippen LogP contribution < -0.4 is 26.2 Å². The Labute approximate surface area is 372 Å². The molecule has 18 heteroatoms. The van der Waals surface area contributed by atoms with Crippen molar-refractivity contribution in [1.82, 2.24) is 29.9 Å². The van der Waals surface area contributed by atoms with Crippen LogP contribution in [-0.2, 0) is 23.9 Å². The highest BCUT2D eigenvalue weighted by atomic mass is 35.5. The van der Waals surface area contributed by atoms with E-state index in [0.717, 1.165) is 55.1 Å². The Morgan fingerprint density at radius 1 is 0.968 bits per heavy atom. The third-order valence-corrected chi connectivity index (χ3v) is 13.0. The largest absolute Gasteiger partial charge is 0.491 e. The van der Waals surface area contributed by atoms with Gasteiger partial charge in [-0.25, -0.2) is 4.68 Å². The maximum atomic E-state index is 13.6. The molecule has 1 fully saturated rings. The summed E-state index contributed by atoms with van der Waals surface area (Å²) in [6, 6.07) is 11.2. The first kappa shape index (κ1) is 43.6. The van der Waals surface area contributed by atoms with Gasteiger partial charge in [-0.1, -0.05) is 30.7 Å². The fraction of sp³-hybridized carbons (Fsp3) is 0.378. The SMILES string of the molecule is Cc1sc2c(c1C)C(C1=CC=C(Cl)C(C)C1)=N[C@@H](CC(=O)Nc1ccc(OCCOCCOCCNc3ccc4cnn(C5CCC(=O)NC5=O)c(=O)c4c3)cc1)c1nnc(C)n1-2. The summed E-state index contributed by atoms with van der Waals surface area (Å²) in [5.41, 5.74) is 5.12.